The zero-order valence-corrected chi connectivity index (χ0v) is 12.9. The van der Waals surface area contributed by atoms with Crippen molar-refractivity contribution in [2.45, 2.75) is 19.1 Å². The first kappa shape index (κ1) is 14.5. The molecule has 4 nitrogen and oxygen atoms in total. The third-order valence-corrected chi connectivity index (χ3v) is 5.00. The van der Waals surface area contributed by atoms with Gasteiger partial charge in [0.1, 0.15) is 0 Å². The molecule has 1 aromatic heterocycles. The molecule has 1 aromatic carbocycles. The second kappa shape index (κ2) is 6.13. The van der Waals surface area contributed by atoms with Gasteiger partial charge in [-0.15, -0.1) is 11.3 Å². The number of hydrogen-bond donors (Lipinski definition) is 2. The summed E-state index contributed by atoms with van der Waals surface area (Å²) in [5.41, 5.74) is 1.09. The maximum atomic E-state index is 12.2. The maximum absolute atomic E-state index is 12.2. The van der Waals surface area contributed by atoms with E-state index in [0.29, 0.717) is 19.5 Å². The van der Waals surface area contributed by atoms with E-state index in [2.05, 4.69) is 33.8 Å². The van der Waals surface area contributed by atoms with E-state index in [-0.39, 0.29) is 11.8 Å². The second-order valence-electron chi connectivity index (χ2n) is 5.74. The van der Waals surface area contributed by atoms with Crippen LogP contribution in [0.15, 0.2) is 29.6 Å². The number of hydrogen-bond acceptors (Lipinski definition) is 4. The number of rotatable bonds is 3. The Labute approximate surface area is 128 Å². The molecule has 21 heavy (non-hydrogen) atoms. The highest BCUT2D eigenvalue weighted by atomic mass is 32.1. The standard InChI is InChI=1S/C16H20N2O2S/c1-18-6-4-14(19)13(10-18)16(20)17-9-11-2-3-15-12(8-11)5-7-21-15/h2-3,5,7-8,13-14,19H,4,6,9-10H2,1H3,(H,17,20)/t13-,14-/m1/s1. The van der Waals surface area contributed by atoms with Crippen molar-refractivity contribution in [1.82, 2.24) is 10.2 Å². The maximum Gasteiger partial charge on any atom is 0.227 e. The van der Waals surface area contributed by atoms with Crippen molar-refractivity contribution in [2.75, 3.05) is 20.1 Å². The fraction of sp³-hybridized carbons (Fsp3) is 0.438. The Bertz CT molecular complexity index is 640. The summed E-state index contributed by atoms with van der Waals surface area (Å²) in [6, 6.07) is 8.33. The molecule has 0 radical (unpaired) electrons. The predicted octanol–water partition coefficient (Wildman–Crippen LogP) is 1.83. The number of piperidine rings is 1. The Hall–Kier alpha value is -1.43. The molecule has 1 aliphatic rings. The van der Waals surface area contributed by atoms with E-state index in [1.165, 1.54) is 10.1 Å². The quantitative estimate of drug-likeness (QED) is 0.909. The third-order valence-electron chi connectivity index (χ3n) is 4.10. The van der Waals surface area contributed by atoms with Gasteiger partial charge in [0.2, 0.25) is 5.91 Å². The van der Waals surface area contributed by atoms with Crippen LogP contribution in [-0.4, -0.2) is 42.2 Å². The first-order valence-electron chi connectivity index (χ1n) is 7.24. The summed E-state index contributed by atoms with van der Waals surface area (Å²) in [5.74, 6) is -0.381. The van der Waals surface area contributed by atoms with Crippen LogP contribution in [0.3, 0.4) is 0 Å². The lowest BCUT2D eigenvalue weighted by Crippen LogP contribution is -2.48. The second-order valence-corrected chi connectivity index (χ2v) is 6.68. The molecule has 1 fully saturated rings. The Morgan fingerprint density at radius 2 is 2.33 bits per heavy atom. The van der Waals surface area contributed by atoms with Crippen LogP contribution in [-0.2, 0) is 11.3 Å². The van der Waals surface area contributed by atoms with Gasteiger partial charge in [0.25, 0.3) is 0 Å². The van der Waals surface area contributed by atoms with Gasteiger partial charge < -0.3 is 15.3 Å². The highest BCUT2D eigenvalue weighted by Crippen LogP contribution is 2.22. The van der Waals surface area contributed by atoms with Crippen molar-refractivity contribution in [2.24, 2.45) is 5.92 Å². The summed E-state index contributed by atoms with van der Waals surface area (Å²) < 4.78 is 1.26. The van der Waals surface area contributed by atoms with Crippen molar-refractivity contribution in [3.05, 3.63) is 35.2 Å². The van der Waals surface area contributed by atoms with Crippen LogP contribution in [0.25, 0.3) is 10.1 Å². The van der Waals surface area contributed by atoms with Crippen LogP contribution in [0.4, 0.5) is 0 Å². The number of nitrogens with one attached hydrogen (secondary N) is 1. The SMILES string of the molecule is CN1CC[C@@H](O)[C@H](C(=O)NCc2ccc3sccc3c2)C1. The molecule has 3 rings (SSSR count). The van der Waals surface area contributed by atoms with E-state index in [1.54, 1.807) is 11.3 Å². The van der Waals surface area contributed by atoms with E-state index in [4.69, 9.17) is 0 Å². The molecule has 112 valence electrons. The Kier molecular flexibility index (Phi) is 4.24. The minimum atomic E-state index is -0.527. The smallest absolute Gasteiger partial charge is 0.227 e. The van der Waals surface area contributed by atoms with E-state index in [9.17, 15) is 9.90 Å². The van der Waals surface area contributed by atoms with E-state index in [0.717, 1.165) is 12.1 Å². The lowest BCUT2D eigenvalue weighted by atomic mass is 9.94. The minimum absolute atomic E-state index is 0.0561. The molecule has 0 spiro atoms. The predicted molar refractivity (Wildman–Crippen MR) is 85.3 cm³/mol. The minimum Gasteiger partial charge on any atom is -0.392 e. The highest BCUT2D eigenvalue weighted by molar-refractivity contribution is 7.17. The summed E-state index contributed by atoms with van der Waals surface area (Å²) in [6.07, 6.45) is 0.135. The van der Waals surface area contributed by atoms with Crippen LogP contribution >= 0.6 is 11.3 Å². The fourth-order valence-electron chi connectivity index (χ4n) is 2.81. The fourth-order valence-corrected chi connectivity index (χ4v) is 3.58. The normalized spacial score (nSPS) is 23.3. The van der Waals surface area contributed by atoms with Crippen LogP contribution in [0.1, 0.15) is 12.0 Å². The molecule has 2 N–H and O–H groups in total. The van der Waals surface area contributed by atoms with Crippen molar-refractivity contribution < 1.29 is 9.90 Å². The van der Waals surface area contributed by atoms with Gasteiger partial charge in [-0.3, -0.25) is 4.79 Å². The molecular formula is C16H20N2O2S. The van der Waals surface area contributed by atoms with Gasteiger partial charge in [0, 0.05) is 24.3 Å². The number of aliphatic hydroxyl groups is 1. The molecule has 1 amide bonds. The molecule has 2 aromatic rings. The van der Waals surface area contributed by atoms with Crippen molar-refractivity contribution in [3.8, 4) is 0 Å². The molecule has 0 bridgehead atoms. The van der Waals surface area contributed by atoms with Gasteiger partial charge in [0.15, 0.2) is 0 Å². The Morgan fingerprint density at radius 3 is 3.19 bits per heavy atom. The number of thiophene rings is 1. The van der Waals surface area contributed by atoms with E-state index < -0.39 is 6.10 Å². The molecule has 5 heteroatoms. The van der Waals surface area contributed by atoms with Crippen LogP contribution in [0, 0.1) is 5.92 Å². The summed E-state index contributed by atoms with van der Waals surface area (Å²) in [7, 11) is 1.98. The van der Waals surface area contributed by atoms with E-state index in [1.807, 2.05) is 13.1 Å². The van der Waals surface area contributed by atoms with Crippen LogP contribution in [0.2, 0.25) is 0 Å². The molecule has 2 heterocycles. The van der Waals surface area contributed by atoms with Gasteiger partial charge in [-0.25, -0.2) is 0 Å². The summed E-state index contributed by atoms with van der Waals surface area (Å²) in [5, 5.41) is 16.2. The Balaban J connectivity index is 1.62. The average Bonchev–Trinajstić information content (AvgIpc) is 2.94. The number of carbonyl (C=O) groups is 1. The number of benzene rings is 1. The first-order chi connectivity index (χ1) is 10.1. The van der Waals surface area contributed by atoms with Gasteiger partial charge in [-0.05, 0) is 48.0 Å². The molecule has 1 aliphatic heterocycles. The molecule has 0 aliphatic carbocycles. The molecule has 2 atom stereocenters. The lowest BCUT2D eigenvalue weighted by Gasteiger charge is -2.32. The topological polar surface area (TPSA) is 52.6 Å². The number of nitrogens with zero attached hydrogens (tertiary/aromatic N) is 1. The van der Waals surface area contributed by atoms with Crippen molar-refractivity contribution in [3.63, 3.8) is 0 Å². The monoisotopic (exact) mass is 304 g/mol. The molecular weight excluding hydrogens is 284 g/mol. The summed E-state index contributed by atoms with van der Waals surface area (Å²) >= 11 is 1.72. The van der Waals surface area contributed by atoms with Crippen molar-refractivity contribution >= 4 is 27.3 Å². The number of aliphatic hydroxyl groups excluding tert-OH is 1. The summed E-state index contributed by atoms with van der Waals surface area (Å²) in [4.78, 5) is 14.3. The van der Waals surface area contributed by atoms with Gasteiger partial charge in [0.05, 0.1) is 12.0 Å². The van der Waals surface area contributed by atoms with Gasteiger partial charge >= 0.3 is 0 Å². The number of amides is 1. The van der Waals surface area contributed by atoms with Crippen LogP contribution < -0.4 is 5.32 Å². The van der Waals surface area contributed by atoms with E-state index >= 15 is 0 Å². The van der Waals surface area contributed by atoms with Crippen molar-refractivity contribution in [1.29, 1.82) is 0 Å². The summed E-state index contributed by atoms with van der Waals surface area (Å²) in [6.45, 7) is 1.98. The lowest BCUT2D eigenvalue weighted by molar-refractivity contribution is -0.131. The molecule has 0 saturated carbocycles. The Morgan fingerprint density at radius 1 is 1.48 bits per heavy atom. The largest absolute Gasteiger partial charge is 0.392 e. The average molecular weight is 304 g/mol. The molecule has 0 unspecified atom stereocenters. The van der Waals surface area contributed by atoms with Gasteiger partial charge in [-0.1, -0.05) is 6.07 Å². The number of carbonyl (C=O) groups excluding carboxylic acids is 1. The highest BCUT2D eigenvalue weighted by Gasteiger charge is 2.31. The van der Waals surface area contributed by atoms with Gasteiger partial charge in [-0.2, -0.15) is 0 Å². The number of fused-ring (bicyclic) bond motifs is 1. The first-order valence-corrected chi connectivity index (χ1v) is 8.12. The number of likely N-dealkylation sites (tertiary alicyclic amines) is 1. The zero-order valence-electron chi connectivity index (χ0n) is 12.1. The van der Waals surface area contributed by atoms with Crippen LogP contribution in [0.5, 0.6) is 0 Å². The molecule has 1 saturated heterocycles. The zero-order chi connectivity index (χ0) is 14.8. The third kappa shape index (κ3) is 3.26.